The SMILES string of the molecule is COC(=O)c1ccc(I)c(C#N)c1OC(F)(F)F. The Hall–Kier alpha value is -1.50. The lowest BCUT2D eigenvalue weighted by molar-refractivity contribution is -0.274. The summed E-state index contributed by atoms with van der Waals surface area (Å²) in [6.07, 6.45) is -5.00. The number of carbonyl (C=O) groups is 1. The molecule has 0 aromatic heterocycles. The number of hydrogen-bond acceptors (Lipinski definition) is 4. The second kappa shape index (κ2) is 5.43. The van der Waals surface area contributed by atoms with Crippen molar-refractivity contribution in [3.63, 3.8) is 0 Å². The number of methoxy groups -OCH3 is 1. The second-order valence-electron chi connectivity index (χ2n) is 2.95. The summed E-state index contributed by atoms with van der Waals surface area (Å²) in [6.45, 7) is 0. The van der Waals surface area contributed by atoms with Crippen molar-refractivity contribution in [2.24, 2.45) is 0 Å². The van der Waals surface area contributed by atoms with Gasteiger partial charge in [0.1, 0.15) is 17.2 Å². The largest absolute Gasteiger partial charge is 0.573 e. The van der Waals surface area contributed by atoms with Crippen molar-refractivity contribution >= 4 is 28.6 Å². The number of nitrogens with zero attached hydrogens (tertiary/aromatic N) is 1. The fourth-order valence-electron chi connectivity index (χ4n) is 1.16. The Morgan fingerprint density at radius 2 is 2.06 bits per heavy atom. The summed E-state index contributed by atoms with van der Waals surface area (Å²) in [4.78, 5) is 11.3. The van der Waals surface area contributed by atoms with E-state index in [0.717, 1.165) is 13.2 Å². The van der Waals surface area contributed by atoms with Crippen molar-refractivity contribution in [2.75, 3.05) is 7.11 Å². The first-order valence-corrected chi connectivity index (χ1v) is 5.44. The van der Waals surface area contributed by atoms with E-state index in [1.54, 1.807) is 28.7 Å². The van der Waals surface area contributed by atoms with Gasteiger partial charge in [0, 0.05) is 3.57 Å². The Kier molecular flexibility index (Phi) is 4.39. The average Bonchev–Trinajstić information content (AvgIpc) is 2.26. The molecule has 0 aliphatic heterocycles. The third-order valence-corrected chi connectivity index (χ3v) is 2.74. The van der Waals surface area contributed by atoms with E-state index < -0.39 is 23.6 Å². The molecule has 0 saturated heterocycles. The van der Waals surface area contributed by atoms with Crippen LogP contribution >= 0.6 is 22.6 Å². The van der Waals surface area contributed by atoms with Gasteiger partial charge in [-0.25, -0.2) is 4.79 Å². The van der Waals surface area contributed by atoms with Crippen LogP contribution in [0.4, 0.5) is 13.2 Å². The minimum Gasteiger partial charge on any atom is -0.465 e. The Bertz CT molecular complexity index is 522. The number of alkyl halides is 3. The summed E-state index contributed by atoms with van der Waals surface area (Å²) in [5, 5.41) is 8.82. The summed E-state index contributed by atoms with van der Waals surface area (Å²) in [7, 11) is 1.02. The maximum Gasteiger partial charge on any atom is 0.573 e. The summed E-state index contributed by atoms with van der Waals surface area (Å²) in [5.41, 5.74) is -0.817. The summed E-state index contributed by atoms with van der Waals surface area (Å²) in [6, 6.07) is 4.00. The van der Waals surface area contributed by atoms with Crippen LogP contribution in [-0.4, -0.2) is 19.4 Å². The number of nitriles is 1. The molecule has 1 rings (SSSR count). The summed E-state index contributed by atoms with van der Waals surface area (Å²) >= 11 is 1.67. The molecule has 0 heterocycles. The van der Waals surface area contributed by atoms with Crippen LogP contribution in [0.5, 0.6) is 5.75 Å². The smallest absolute Gasteiger partial charge is 0.465 e. The highest BCUT2D eigenvalue weighted by Gasteiger charge is 2.35. The number of halogens is 4. The molecule has 0 N–H and O–H groups in total. The fraction of sp³-hybridized carbons (Fsp3) is 0.200. The average molecular weight is 371 g/mol. The van der Waals surface area contributed by atoms with Gasteiger partial charge in [-0.05, 0) is 34.7 Å². The van der Waals surface area contributed by atoms with Crippen molar-refractivity contribution in [2.45, 2.75) is 6.36 Å². The summed E-state index contributed by atoms with van der Waals surface area (Å²) < 4.78 is 45.1. The van der Waals surface area contributed by atoms with Crippen LogP contribution in [0.15, 0.2) is 12.1 Å². The van der Waals surface area contributed by atoms with Gasteiger partial charge in [0.05, 0.1) is 7.11 Å². The molecule has 0 aliphatic carbocycles. The van der Waals surface area contributed by atoms with Gasteiger partial charge >= 0.3 is 12.3 Å². The molecule has 0 spiro atoms. The van der Waals surface area contributed by atoms with E-state index in [-0.39, 0.29) is 9.13 Å². The molecule has 1 aromatic rings. The monoisotopic (exact) mass is 371 g/mol. The summed E-state index contributed by atoms with van der Waals surface area (Å²) in [5.74, 6) is -1.86. The Morgan fingerprint density at radius 1 is 1.44 bits per heavy atom. The molecule has 0 radical (unpaired) electrons. The van der Waals surface area contributed by atoms with Crippen LogP contribution < -0.4 is 4.74 Å². The number of hydrogen-bond donors (Lipinski definition) is 0. The van der Waals surface area contributed by atoms with E-state index in [4.69, 9.17) is 5.26 Å². The van der Waals surface area contributed by atoms with Gasteiger partial charge in [0.2, 0.25) is 0 Å². The van der Waals surface area contributed by atoms with Crippen molar-refractivity contribution < 1.29 is 27.4 Å². The van der Waals surface area contributed by atoms with E-state index in [0.29, 0.717) is 0 Å². The maximum atomic E-state index is 12.3. The molecule has 4 nitrogen and oxygen atoms in total. The molecule has 0 bridgehead atoms. The lowest BCUT2D eigenvalue weighted by Crippen LogP contribution is -2.20. The number of esters is 1. The Morgan fingerprint density at radius 3 is 2.50 bits per heavy atom. The molecule has 96 valence electrons. The topological polar surface area (TPSA) is 59.3 Å². The predicted molar refractivity (Wildman–Crippen MR) is 61.9 cm³/mol. The van der Waals surface area contributed by atoms with Crippen molar-refractivity contribution in [1.82, 2.24) is 0 Å². The molecular formula is C10H5F3INO3. The molecule has 1 aromatic carbocycles. The van der Waals surface area contributed by atoms with Crippen LogP contribution in [0.25, 0.3) is 0 Å². The fourth-order valence-corrected chi connectivity index (χ4v) is 1.70. The predicted octanol–water partition coefficient (Wildman–Crippen LogP) is 2.85. The highest BCUT2D eigenvalue weighted by Crippen LogP contribution is 2.33. The molecule has 18 heavy (non-hydrogen) atoms. The lowest BCUT2D eigenvalue weighted by Gasteiger charge is -2.14. The lowest BCUT2D eigenvalue weighted by atomic mass is 10.1. The first-order valence-electron chi connectivity index (χ1n) is 4.36. The second-order valence-corrected chi connectivity index (χ2v) is 4.11. The van der Waals surface area contributed by atoms with E-state index in [2.05, 4.69) is 9.47 Å². The highest BCUT2D eigenvalue weighted by molar-refractivity contribution is 14.1. The molecule has 0 atom stereocenters. The Balaban J connectivity index is 3.45. The standard InChI is InChI=1S/C10H5F3INO3/c1-17-9(16)5-2-3-7(14)6(4-15)8(5)18-10(11,12)13/h2-3H,1H3. The van der Waals surface area contributed by atoms with Crippen molar-refractivity contribution in [1.29, 1.82) is 5.26 Å². The van der Waals surface area contributed by atoms with Gasteiger partial charge in [0.15, 0.2) is 5.75 Å². The Labute approximate surface area is 113 Å². The minimum atomic E-state index is -5.00. The number of rotatable bonds is 2. The molecule has 0 fully saturated rings. The quantitative estimate of drug-likeness (QED) is 0.593. The van der Waals surface area contributed by atoms with Crippen LogP contribution in [0, 0.1) is 14.9 Å². The van der Waals surface area contributed by atoms with E-state index in [9.17, 15) is 18.0 Å². The van der Waals surface area contributed by atoms with E-state index in [1.807, 2.05) is 0 Å². The van der Waals surface area contributed by atoms with Crippen LogP contribution in [0.1, 0.15) is 15.9 Å². The van der Waals surface area contributed by atoms with Crippen LogP contribution in [0.2, 0.25) is 0 Å². The van der Waals surface area contributed by atoms with Gasteiger partial charge in [-0.15, -0.1) is 13.2 Å². The van der Waals surface area contributed by atoms with Crippen molar-refractivity contribution in [3.8, 4) is 11.8 Å². The molecular weight excluding hydrogens is 366 g/mol. The minimum absolute atomic E-state index is 0.238. The zero-order valence-corrected chi connectivity index (χ0v) is 11.0. The molecule has 8 heteroatoms. The molecule has 0 aliphatic rings. The number of ether oxygens (including phenoxy) is 2. The van der Waals surface area contributed by atoms with Gasteiger partial charge in [-0.1, -0.05) is 0 Å². The van der Waals surface area contributed by atoms with Crippen LogP contribution in [0.3, 0.4) is 0 Å². The molecule has 0 saturated carbocycles. The first-order chi connectivity index (χ1) is 8.30. The van der Waals surface area contributed by atoms with Gasteiger partial charge < -0.3 is 9.47 Å². The van der Waals surface area contributed by atoms with E-state index in [1.165, 1.54) is 6.07 Å². The number of carbonyl (C=O) groups excluding carboxylic acids is 1. The molecule has 0 unspecified atom stereocenters. The highest BCUT2D eigenvalue weighted by atomic mass is 127. The third-order valence-electron chi connectivity index (χ3n) is 1.84. The first kappa shape index (κ1) is 14.6. The normalized spacial score (nSPS) is 10.7. The molecule has 0 amide bonds. The van der Waals surface area contributed by atoms with Gasteiger partial charge in [0.25, 0.3) is 0 Å². The van der Waals surface area contributed by atoms with Gasteiger partial charge in [-0.2, -0.15) is 5.26 Å². The zero-order chi connectivity index (χ0) is 13.9. The third kappa shape index (κ3) is 3.25. The number of benzene rings is 1. The van der Waals surface area contributed by atoms with Gasteiger partial charge in [-0.3, -0.25) is 0 Å². The van der Waals surface area contributed by atoms with Crippen LogP contribution in [-0.2, 0) is 4.74 Å². The maximum absolute atomic E-state index is 12.3. The van der Waals surface area contributed by atoms with E-state index >= 15 is 0 Å². The zero-order valence-electron chi connectivity index (χ0n) is 8.84. The van der Waals surface area contributed by atoms with Crippen molar-refractivity contribution in [3.05, 3.63) is 26.8 Å².